The van der Waals surface area contributed by atoms with Crippen LogP contribution < -0.4 is 0 Å². The highest BCUT2D eigenvalue weighted by atomic mass is 14.7. The van der Waals surface area contributed by atoms with Crippen molar-refractivity contribution in [3.05, 3.63) is 207 Å². The van der Waals surface area contributed by atoms with Crippen molar-refractivity contribution in [2.45, 2.75) is 0 Å². The molecule has 0 aliphatic rings. The SMILES string of the molecule is c1ccc(-c2cccc(-c3cccc(-c4cccc(-c5cccc(-c6cc(-c7ccc(-c8ccncc8)cc7)c7ccccc7n6)c5)c4)c3)c2)cc1. The van der Waals surface area contributed by atoms with E-state index in [0.717, 1.165) is 38.9 Å². The van der Waals surface area contributed by atoms with Crippen LogP contribution in [0.25, 0.3) is 88.9 Å². The minimum Gasteiger partial charge on any atom is -0.265 e. The Hall–Kier alpha value is -6.90. The summed E-state index contributed by atoms with van der Waals surface area (Å²) in [5.74, 6) is 0. The Bertz CT molecular complexity index is 2660. The van der Waals surface area contributed by atoms with Gasteiger partial charge in [-0.25, -0.2) is 4.98 Å². The normalized spacial score (nSPS) is 11.1. The van der Waals surface area contributed by atoms with Crippen LogP contribution in [0.5, 0.6) is 0 Å². The molecule has 0 spiro atoms. The van der Waals surface area contributed by atoms with Crippen molar-refractivity contribution in [2.24, 2.45) is 0 Å². The monoisotopic (exact) mass is 662 g/mol. The minimum absolute atomic E-state index is 0.954. The van der Waals surface area contributed by atoms with Crippen molar-refractivity contribution in [3.8, 4) is 78.0 Å². The third-order valence-electron chi connectivity index (χ3n) is 9.78. The molecule has 0 aliphatic carbocycles. The van der Waals surface area contributed by atoms with E-state index in [1.165, 1.54) is 50.1 Å². The summed E-state index contributed by atoms with van der Waals surface area (Å²) in [5, 5.41) is 1.14. The van der Waals surface area contributed by atoms with Crippen LogP contribution in [-0.4, -0.2) is 9.97 Å². The Morgan fingerprint density at radius 3 is 1.25 bits per heavy atom. The van der Waals surface area contributed by atoms with Crippen molar-refractivity contribution in [1.29, 1.82) is 0 Å². The third-order valence-corrected chi connectivity index (χ3v) is 9.78. The fourth-order valence-electron chi connectivity index (χ4n) is 7.07. The van der Waals surface area contributed by atoms with Gasteiger partial charge in [-0.15, -0.1) is 0 Å². The molecule has 52 heavy (non-hydrogen) atoms. The first-order chi connectivity index (χ1) is 25.7. The van der Waals surface area contributed by atoms with E-state index in [-0.39, 0.29) is 0 Å². The van der Waals surface area contributed by atoms with Crippen LogP contribution in [0.3, 0.4) is 0 Å². The zero-order valence-electron chi connectivity index (χ0n) is 28.5. The molecule has 0 saturated carbocycles. The Morgan fingerprint density at radius 2 is 0.673 bits per heavy atom. The van der Waals surface area contributed by atoms with E-state index >= 15 is 0 Å². The van der Waals surface area contributed by atoms with Crippen molar-refractivity contribution >= 4 is 10.9 Å². The van der Waals surface area contributed by atoms with Gasteiger partial charge in [0, 0.05) is 23.3 Å². The van der Waals surface area contributed by atoms with Crippen LogP contribution in [0.15, 0.2) is 207 Å². The molecule has 2 heteroatoms. The molecule has 0 atom stereocenters. The summed E-state index contributed by atoms with van der Waals surface area (Å²) in [4.78, 5) is 9.32. The molecular weight excluding hydrogens is 629 g/mol. The molecule has 9 aromatic rings. The van der Waals surface area contributed by atoms with Gasteiger partial charge in [-0.05, 0) is 115 Å². The predicted molar refractivity (Wildman–Crippen MR) is 218 cm³/mol. The lowest BCUT2D eigenvalue weighted by Gasteiger charge is -2.13. The maximum absolute atomic E-state index is 5.15. The summed E-state index contributed by atoms with van der Waals surface area (Å²) >= 11 is 0. The van der Waals surface area contributed by atoms with Gasteiger partial charge in [0.1, 0.15) is 0 Å². The van der Waals surface area contributed by atoms with Crippen LogP contribution >= 0.6 is 0 Å². The zero-order valence-corrected chi connectivity index (χ0v) is 28.5. The van der Waals surface area contributed by atoms with Crippen molar-refractivity contribution in [1.82, 2.24) is 9.97 Å². The first-order valence-corrected chi connectivity index (χ1v) is 17.6. The van der Waals surface area contributed by atoms with E-state index < -0.39 is 0 Å². The van der Waals surface area contributed by atoms with Crippen LogP contribution in [0.1, 0.15) is 0 Å². The number of hydrogen-bond donors (Lipinski definition) is 0. The number of hydrogen-bond acceptors (Lipinski definition) is 2. The van der Waals surface area contributed by atoms with Gasteiger partial charge >= 0.3 is 0 Å². The number of nitrogens with zero attached hydrogens (tertiary/aromatic N) is 2. The Labute approximate surface area is 304 Å². The number of pyridine rings is 2. The van der Waals surface area contributed by atoms with Gasteiger partial charge in [0.15, 0.2) is 0 Å². The summed E-state index contributed by atoms with van der Waals surface area (Å²) in [7, 11) is 0. The number of para-hydroxylation sites is 1. The lowest BCUT2D eigenvalue weighted by atomic mass is 9.94. The van der Waals surface area contributed by atoms with E-state index in [9.17, 15) is 0 Å². The van der Waals surface area contributed by atoms with Gasteiger partial charge in [0.05, 0.1) is 11.2 Å². The smallest absolute Gasteiger partial charge is 0.0716 e. The molecule has 0 saturated heterocycles. The fourth-order valence-corrected chi connectivity index (χ4v) is 7.07. The molecule has 7 aromatic carbocycles. The van der Waals surface area contributed by atoms with Crippen molar-refractivity contribution < 1.29 is 0 Å². The molecule has 2 aromatic heterocycles. The quantitative estimate of drug-likeness (QED) is 0.170. The lowest BCUT2D eigenvalue weighted by Crippen LogP contribution is -1.91. The molecule has 0 N–H and O–H groups in total. The molecule has 2 nitrogen and oxygen atoms in total. The van der Waals surface area contributed by atoms with E-state index in [2.05, 4.69) is 187 Å². The van der Waals surface area contributed by atoms with E-state index in [1.807, 2.05) is 24.5 Å². The molecule has 0 bridgehead atoms. The maximum atomic E-state index is 5.15. The molecule has 244 valence electrons. The molecule has 0 unspecified atom stereocenters. The second-order valence-electron chi connectivity index (χ2n) is 13.1. The first-order valence-electron chi connectivity index (χ1n) is 17.6. The summed E-state index contributed by atoms with van der Waals surface area (Å²) in [6.07, 6.45) is 3.67. The second kappa shape index (κ2) is 13.8. The molecule has 0 radical (unpaired) electrons. The Morgan fingerprint density at radius 1 is 0.269 bits per heavy atom. The highest BCUT2D eigenvalue weighted by Crippen LogP contribution is 2.36. The van der Waals surface area contributed by atoms with Gasteiger partial charge in [-0.3, -0.25) is 4.98 Å². The topological polar surface area (TPSA) is 25.8 Å². The zero-order chi connectivity index (χ0) is 34.7. The number of rotatable bonds is 7. The van der Waals surface area contributed by atoms with Gasteiger partial charge in [0.25, 0.3) is 0 Å². The lowest BCUT2D eigenvalue weighted by molar-refractivity contribution is 1.33. The highest BCUT2D eigenvalue weighted by molar-refractivity contribution is 5.97. The Balaban J connectivity index is 1.04. The second-order valence-corrected chi connectivity index (χ2v) is 13.1. The standard InChI is InChI=1S/C50H34N2/c1-2-10-35(11-3-1)39-12-6-13-40(30-39)41-14-7-15-42(31-41)43-16-8-17-44(32-43)45-18-9-19-46(33-45)50-34-48(47-20-4-5-21-49(47)52-50)38-24-22-36(23-25-38)37-26-28-51-29-27-37/h1-34H. The molecule has 0 fully saturated rings. The van der Waals surface area contributed by atoms with Gasteiger partial charge < -0.3 is 0 Å². The average Bonchev–Trinajstić information content (AvgIpc) is 3.24. The maximum Gasteiger partial charge on any atom is 0.0716 e. The van der Waals surface area contributed by atoms with E-state index in [1.54, 1.807) is 0 Å². The predicted octanol–water partition coefficient (Wildman–Crippen LogP) is 13.3. The van der Waals surface area contributed by atoms with Crippen LogP contribution in [0.4, 0.5) is 0 Å². The first kappa shape index (κ1) is 31.1. The summed E-state index contributed by atoms with van der Waals surface area (Å²) in [5.41, 5.74) is 17.2. The van der Waals surface area contributed by atoms with Gasteiger partial charge in [0.2, 0.25) is 0 Å². The van der Waals surface area contributed by atoms with E-state index in [0.29, 0.717) is 0 Å². The number of fused-ring (bicyclic) bond motifs is 1. The highest BCUT2D eigenvalue weighted by Gasteiger charge is 2.12. The van der Waals surface area contributed by atoms with Crippen molar-refractivity contribution in [2.75, 3.05) is 0 Å². The summed E-state index contributed by atoms with van der Waals surface area (Å²) in [6, 6.07) is 69.3. The molecule has 2 heterocycles. The minimum atomic E-state index is 0.954. The molecule has 0 amide bonds. The van der Waals surface area contributed by atoms with Crippen molar-refractivity contribution in [3.63, 3.8) is 0 Å². The number of aromatic nitrogens is 2. The summed E-state index contributed by atoms with van der Waals surface area (Å²) < 4.78 is 0. The fraction of sp³-hybridized carbons (Fsp3) is 0. The average molecular weight is 663 g/mol. The van der Waals surface area contributed by atoms with Gasteiger partial charge in [-0.1, -0.05) is 146 Å². The Kier molecular flexibility index (Phi) is 8.24. The van der Waals surface area contributed by atoms with Crippen LogP contribution in [-0.2, 0) is 0 Å². The van der Waals surface area contributed by atoms with Crippen LogP contribution in [0, 0.1) is 0 Å². The molecular formula is C50H34N2. The van der Waals surface area contributed by atoms with E-state index in [4.69, 9.17) is 4.98 Å². The number of benzene rings is 7. The van der Waals surface area contributed by atoms with Crippen LogP contribution in [0.2, 0.25) is 0 Å². The van der Waals surface area contributed by atoms with Gasteiger partial charge in [-0.2, -0.15) is 0 Å². The summed E-state index contributed by atoms with van der Waals surface area (Å²) in [6.45, 7) is 0. The third kappa shape index (κ3) is 6.30. The molecule has 0 aliphatic heterocycles. The molecule has 9 rings (SSSR count). The largest absolute Gasteiger partial charge is 0.265 e.